The summed E-state index contributed by atoms with van der Waals surface area (Å²) in [5, 5.41) is 9.82. The molecular formula is C17H19NO4S2. The van der Waals surface area contributed by atoms with E-state index in [1.54, 1.807) is 18.2 Å². The lowest BCUT2D eigenvalue weighted by Crippen LogP contribution is -2.22. The number of rotatable bonds is 4. The van der Waals surface area contributed by atoms with Gasteiger partial charge < -0.3 is 5.11 Å². The largest absolute Gasteiger partial charge is 0.478 e. The van der Waals surface area contributed by atoms with E-state index < -0.39 is 16.0 Å². The van der Waals surface area contributed by atoms with E-state index in [1.807, 2.05) is 0 Å². The minimum Gasteiger partial charge on any atom is -0.478 e. The predicted molar refractivity (Wildman–Crippen MR) is 94.3 cm³/mol. The van der Waals surface area contributed by atoms with Crippen LogP contribution in [0.2, 0.25) is 0 Å². The van der Waals surface area contributed by atoms with Gasteiger partial charge in [0, 0.05) is 4.88 Å². The zero-order chi connectivity index (χ0) is 17.5. The molecule has 0 saturated heterocycles. The number of aryl methyl sites for hydroxylation is 1. The van der Waals surface area contributed by atoms with Crippen LogP contribution >= 0.6 is 11.3 Å². The zero-order valence-electron chi connectivity index (χ0n) is 13.5. The number of nitrogens with one attached hydrogen (secondary N) is 1. The summed E-state index contributed by atoms with van der Waals surface area (Å²) >= 11 is 1.24. The van der Waals surface area contributed by atoms with Crippen LogP contribution in [0.15, 0.2) is 35.2 Å². The van der Waals surface area contributed by atoms with Gasteiger partial charge in [0.25, 0.3) is 10.0 Å². The molecule has 0 fully saturated rings. The quantitative estimate of drug-likeness (QED) is 0.864. The second-order valence-electron chi connectivity index (χ2n) is 6.77. The van der Waals surface area contributed by atoms with Crippen molar-refractivity contribution in [2.24, 2.45) is 5.41 Å². The number of aromatic carboxylic acids is 1. The number of fused-ring (bicyclic) bond motifs is 1. The van der Waals surface area contributed by atoms with E-state index in [4.69, 9.17) is 0 Å². The third-order valence-electron chi connectivity index (χ3n) is 4.27. The smallest absolute Gasteiger partial charge is 0.339 e. The number of carbonyl (C=O) groups is 1. The molecule has 24 heavy (non-hydrogen) atoms. The molecule has 3 rings (SSSR count). The average molecular weight is 365 g/mol. The molecule has 2 N–H and O–H groups in total. The van der Waals surface area contributed by atoms with Crippen LogP contribution in [0.25, 0.3) is 0 Å². The van der Waals surface area contributed by atoms with Crippen LogP contribution in [-0.2, 0) is 22.9 Å². The summed E-state index contributed by atoms with van der Waals surface area (Å²) in [6.45, 7) is 4.21. The first kappa shape index (κ1) is 17.0. The van der Waals surface area contributed by atoms with Gasteiger partial charge in [-0.15, -0.1) is 11.3 Å². The Labute approximate surface area is 145 Å². The molecule has 5 nitrogen and oxygen atoms in total. The molecule has 0 amide bonds. The van der Waals surface area contributed by atoms with Crippen LogP contribution in [0.5, 0.6) is 0 Å². The number of carboxylic acid groups (broad SMARTS) is 1. The van der Waals surface area contributed by atoms with Crippen LogP contribution in [0.1, 0.15) is 41.1 Å². The van der Waals surface area contributed by atoms with E-state index in [9.17, 15) is 18.3 Å². The third-order valence-corrected chi connectivity index (χ3v) is 6.97. The highest BCUT2D eigenvalue weighted by atomic mass is 32.2. The van der Waals surface area contributed by atoms with Crippen LogP contribution in [0.4, 0.5) is 5.00 Å². The van der Waals surface area contributed by atoms with Gasteiger partial charge in [-0.3, -0.25) is 4.72 Å². The summed E-state index contributed by atoms with van der Waals surface area (Å²) < 4.78 is 27.5. The lowest BCUT2D eigenvalue weighted by molar-refractivity contribution is 0.0696. The van der Waals surface area contributed by atoms with Crippen molar-refractivity contribution >= 4 is 32.3 Å². The Morgan fingerprint density at radius 2 is 1.92 bits per heavy atom. The van der Waals surface area contributed by atoms with Crippen LogP contribution in [-0.4, -0.2) is 19.5 Å². The first-order valence-electron chi connectivity index (χ1n) is 7.65. The molecule has 128 valence electrons. The molecule has 0 saturated carbocycles. The number of hydrogen-bond acceptors (Lipinski definition) is 4. The van der Waals surface area contributed by atoms with E-state index in [2.05, 4.69) is 18.6 Å². The molecule has 1 aliphatic carbocycles. The van der Waals surface area contributed by atoms with Gasteiger partial charge in [0.05, 0.1) is 10.5 Å². The Hall–Kier alpha value is -1.86. The molecule has 1 aromatic heterocycles. The van der Waals surface area contributed by atoms with Gasteiger partial charge in [-0.2, -0.15) is 0 Å². The molecule has 0 radical (unpaired) electrons. The van der Waals surface area contributed by atoms with E-state index in [0.29, 0.717) is 6.42 Å². The fraction of sp³-hybridized carbons (Fsp3) is 0.353. The zero-order valence-corrected chi connectivity index (χ0v) is 15.1. The topological polar surface area (TPSA) is 83.5 Å². The highest BCUT2D eigenvalue weighted by Crippen LogP contribution is 2.44. The Morgan fingerprint density at radius 1 is 1.25 bits per heavy atom. The van der Waals surface area contributed by atoms with Crippen molar-refractivity contribution in [3.8, 4) is 0 Å². The van der Waals surface area contributed by atoms with Gasteiger partial charge >= 0.3 is 5.97 Å². The van der Waals surface area contributed by atoms with Crippen molar-refractivity contribution in [1.82, 2.24) is 0 Å². The number of hydrogen-bond donors (Lipinski definition) is 2. The van der Waals surface area contributed by atoms with Crippen molar-refractivity contribution in [3.05, 3.63) is 46.3 Å². The highest BCUT2D eigenvalue weighted by molar-refractivity contribution is 7.93. The van der Waals surface area contributed by atoms with Crippen LogP contribution in [0, 0.1) is 5.41 Å². The van der Waals surface area contributed by atoms with Gasteiger partial charge in [0.1, 0.15) is 5.00 Å². The Kier molecular flexibility index (Phi) is 4.17. The monoisotopic (exact) mass is 365 g/mol. The van der Waals surface area contributed by atoms with Gasteiger partial charge in [0.15, 0.2) is 0 Å². The van der Waals surface area contributed by atoms with Gasteiger partial charge in [-0.25, -0.2) is 13.2 Å². The van der Waals surface area contributed by atoms with Crippen molar-refractivity contribution in [3.63, 3.8) is 0 Å². The minimum atomic E-state index is -3.80. The fourth-order valence-corrected chi connectivity index (χ4v) is 5.53. The molecule has 0 aliphatic heterocycles. The second-order valence-corrected chi connectivity index (χ2v) is 9.56. The lowest BCUT2D eigenvalue weighted by atomic mass is 9.76. The molecule has 0 bridgehead atoms. The average Bonchev–Trinajstić information content (AvgIpc) is 2.83. The Bertz CT molecular complexity index is 883. The summed E-state index contributed by atoms with van der Waals surface area (Å²) in [5.74, 6) is -1.09. The predicted octanol–water partition coefficient (Wildman–Crippen LogP) is 3.76. The van der Waals surface area contributed by atoms with Crippen molar-refractivity contribution < 1.29 is 18.3 Å². The van der Waals surface area contributed by atoms with Crippen LogP contribution < -0.4 is 4.72 Å². The molecule has 1 aliphatic rings. The maximum atomic E-state index is 12.5. The fourth-order valence-electron chi connectivity index (χ4n) is 3.00. The third kappa shape index (κ3) is 3.18. The van der Waals surface area contributed by atoms with Gasteiger partial charge in [0.2, 0.25) is 0 Å². The van der Waals surface area contributed by atoms with Crippen molar-refractivity contribution in [2.45, 2.75) is 38.0 Å². The molecule has 1 heterocycles. The maximum Gasteiger partial charge on any atom is 0.339 e. The van der Waals surface area contributed by atoms with E-state index in [-0.39, 0.29) is 20.9 Å². The SMILES string of the molecule is CC1(C)CCc2sc(NS(=O)(=O)c3ccccc3)c(C(=O)O)c2C1. The molecule has 0 spiro atoms. The molecule has 7 heteroatoms. The maximum absolute atomic E-state index is 12.5. The number of carboxylic acids is 1. The number of thiophene rings is 1. The number of benzene rings is 1. The minimum absolute atomic E-state index is 0.0217. The van der Waals surface area contributed by atoms with Crippen molar-refractivity contribution in [2.75, 3.05) is 4.72 Å². The van der Waals surface area contributed by atoms with Crippen molar-refractivity contribution in [1.29, 1.82) is 0 Å². The number of anilines is 1. The van der Waals surface area contributed by atoms with Gasteiger partial charge in [-0.05, 0) is 42.4 Å². The normalized spacial score (nSPS) is 16.4. The second kappa shape index (κ2) is 5.89. The molecule has 2 aromatic rings. The molecular weight excluding hydrogens is 346 g/mol. The first-order valence-corrected chi connectivity index (χ1v) is 9.95. The summed E-state index contributed by atoms with van der Waals surface area (Å²) in [6.07, 6.45) is 2.39. The Morgan fingerprint density at radius 3 is 2.54 bits per heavy atom. The Balaban J connectivity index is 2.04. The van der Waals surface area contributed by atoms with E-state index >= 15 is 0 Å². The van der Waals surface area contributed by atoms with Crippen LogP contribution in [0.3, 0.4) is 0 Å². The summed E-state index contributed by atoms with van der Waals surface area (Å²) in [4.78, 5) is 12.8. The number of sulfonamides is 1. The lowest BCUT2D eigenvalue weighted by Gasteiger charge is -2.29. The molecule has 0 atom stereocenters. The van der Waals surface area contributed by atoms with E-state index in [0.717, 1.165) is 23.3 Å². The molecule has 1 aromatic carbocycles. The summed E-state index contributed by atoms with van der Waals surface area (Å²) in [5.41, 5.74) is 0.894. The standard InChI is InChI=1S/C17H19NO4S2/c1-17(2)9-8-13-12(10-17)14(16(19)20)15(23-13)18-24(21,22)11-6-4-3-5-7-11/h3-7,18H,8-10H2,1-2H3,(H,19,20). The summed E-state index contributed by atoms with van der Waals surface area (Å²) in [6, 6.07) is 7.97. The van der Waals surface area contributed by atoms with Gasteiger partial charge in [-0.1, -0.05) is 32.0 Å². The molecule has 0 unspecified atom stereocenters. The first-order chi connectivity index (χ1) is 11.2. The van der Waals surface area contributed by atoms with E-state index in [1.165, 1.54) is 23.5 Å². The summed E-state index contributed by atoms with van der Waals surface area (Å²) in [7, 11) is -3.80. The highest BCUT2D eigenvalue weighted by Gasteiger charge is 2.33.